The number of nitrogens with zero attached hydrogens (tertiary/aromatic N) is 1. The Morgan fingerprint density at radius 3 is 2.57 bits per heavy atom. The lowest BCUT2D eigenvalue weighted by molar-refractivity contribution is -0.122. The average Bonchev–Trinajstić information content (AvgIpc) is 2.44. The van der Waals surface area contributed by atoms with E-state index in [2.05, 4.69) is 36.2 Å². The molecule has 0 aromatic heterocycles. The molecule has 0 aliphatic heterocycles. The van der Waals surface area contributed by atoms with Crippen molar-refractivity contribution in [3.8, 4) is 0 Å². The van der Waals surface area contributed by atoms with E-state index in [1.54, 1.807) is 0 Å². The van der Waals surface area contributed by atoms with Gasteiger partial charge in [0.15, 0.2) is 0 Å². The molecule has 0 radical (unpaired) electrons. The minimum absolute atomic E-state index is 0. The van der Waals surface area contributed by atoms with Crippen LogP contribution in [0.3, 0.4) is 0 Å². The summed E-state index contributed by atoms with van der Waals surface area (Å²) >= 11 is 0. The van der Waals surface area contributed by atoms with E-state index in [9.17, 15) is 4.79 Å². The number of hydrogen-bond donors (Lipinski definition) is 2. The van der Waals surface area contributed by atoms with Gasteiger partial charge in [0.05, 0.1) is 6.04 Å². The molecule has 0 spiro atoms. The third kappa shape index (κ3) is 6.36. The summed E-state index contributed by atoms with van der Waals surface area (Å²) in [5, 5.41) is 2.92. The normalized spacial score (nSPS) is 11.4. The molecule has 21 heavy (non-hydrogen) atoms. The number of nitrogens with two attached hydrogens (primary N) is 1. The van der Waals surface area contributed by atoms with Crippen molar-refractivity contribution in [2.45, 2.75) is 39.7 Å². The number of amides is 1. The first kappa shape index (κ1) is 19.7. The molecule has 0 heterocycles. The zero-order valence-electron chi connectivity index (χ0n) is 13.3. The number of carbonyl (C=O) groups excluding carboxylic acids is 1. The highest BCUT2D eigenvalue weighted by molar-refractivity contribution is 5.85. The molecule has 1 rings (SSSR count). The monoisotopic (exact) mass is 313 g/mol. The fourth-order valence-corrected chi connectivity index (χ4v) is 2.25. The summed E-state index contributed by atoms with van der Waals surface area (Å²) in [7, 11) is 0. The highest BCUT2D eigenvalue weighted by atomic mass is 35.5. The molecule has 5 heteroatoms. The van der Waals surface area contributed by atoms with Crippen molar-refractivity contribution in [1.29, 1.82) is 0 Å². The maximum Gasteiger partial charge on any atom is 0.236 e. The van der Waals surface area contributed by atoms with Gasteiger partial charge in [-0.3, -0.25) is 4.79 Å². The number of anilines is 1. The molecular weight excluding hydrogens is 286 g/mol. The predicted octanol–water partition coefficient (Wildman–Crippen LogP) is 2.49. The van der Waals surface area contributed by atoms with Crippen LogP contribution in [0.5, 0.6) is 0 Å². The first-order chi connectivity index (χ1) is 9.60. The second kappa shape index (κ2) is 10.5. The van der Waals surface area contributed by atoms with Gasteiger partial charge in [-0.2, -0.15) is 0 Å². The average molecular weight is 314 g/mol. The van der Waals surface area contributed by atoms with Crippen LogP contribution in [0.25, 0.3) is 0 Å². The van der Waals surface area contributed by atoms with Gasteiger partial charge >= 0.3 is 0 Å². The van der Waals surface area contributed by atoms with Crippen LogP contribution < -0.4 is 16.0 Å². The van der Waals surface area contributed by atoms with Crippen LogP contribution >= 0.6 is 12.4 Å². The quantitative estimate of drug-likeness (QED) is 0.775. The van der Waals surface area contributed by atoms with Gasteiger partial charge in [0.25, 0.3) is 0 Å². The number of benzene rings is 1. The molecule has 1 atom stereocenters. The van der Waals surface area contributed by atoms with Crippen LogP contribution in [0, 0.1) is 6.92 Å². The predicted molar refractivity (Wildman–Crippen MR) is 92.2 cm³/mol. The Kier molecular flexibility index (Phi) is 9.84. The maximum absolute atomic E-state index is 11.8. The van der Waals surface area contributed by atoms with Gasteiger partial charge in [0.1, 0.15) is 0 Å². The standard InChI is InChI=1S/C16H27N3O.ClH/c1-4-8-14(17)16(20)18-11-12-19(5-2)15-10-7-6-9-13(15)3;/h6-7,9-10,14H,4-5,8,11-12,17H2,1-3H3,(H,18,20);1H. The molecule has 0 aliphatic carbocycles. The van der Waals surface area contributed by atoms with Gasteiger partial charge in [-0.05, 0) is 31.9 Å². The number of aryl methyl sites for hydroxylation is 1. The Balaban J connectivity index is 0.00000400. The summed E-state index contributed by atoms with van der Waals surface area (Å²) in [5.74, 6) is -0.0484. The molecular formula is C16H28ClN3O. The van der Waals surface area contributed by atoms with Crippen molar-refractivity contribution in [1.82, 2.24) is 5.32 Å². The van der Waals surface area contributed by atoms with Gasteiger partial charge in [0, 0.05) is 25.3 Å². The number of likely N-dealkylation sites (N-methyl/N-ethyl adjacent to an activating group) is 1. The smallest absolute Gasteiger partial charge is 0.236 e. The number of rotatable bonds is 8. The minimum atomic E-state index is -0.381. The molecule has 3 N–H and O–H groups in total. The molecule has 1 aromatic rings. The first-order valence-corrected chi connectivity index (χ1v) is 7.44. The summed E-state index contributed by atoms with van der Waals surface area (Å²) < 4.78 is 0. The third-order valence-electron chi connectivity index (χ3n) is 3.46. The van der Waals surface area contributed by atoms with E-state index in [0.29, 0.717) is 6.54 Å². The van der Waals surface area contributed by atoms with E-state index >= 15 is 0 Å². The lowest BCUT2D eigenvalue weighted by atomic mass is 10.1. The molecule has 1 amide bonds. The number of carbonyl (C=O) groups is 1. The van der Waals surface area contributed by atoms with Crippen molar-refractivity contribution in [3.63, 3.8) is 0 Å². The number of halogens is 1. The second-order valence-corrected chi connectivity index (χ2v) is 5.05. The van der Waals surface area contributed by atoms with E-state index in [1.165, 1.54) is 11.3 Å². The van der Waals surface area contributed by atoms with Gasteiger partial charge in [-0.15, -0.1) is 12.4 Å². The fourth-order valence-electron chi connectivity index (χ4n) is 2.25. The van der Waals surface area contributed by atoms with Gasteiger partial charge < -0.3 is 16.0 Å². The van der Waals surface area contributed by atoms with Crippen LogP contribution in [0.15, 0.2) is 24.3 Å². The molecule has 1 aromatic carbocycles. The zero-order chi connectivity index (χ0) is 15.0. The van der Waals surface area contributed by atoms with Crippen molar-refractivity contribution in [2.75, 3.05) is 24.5 Å². The zero-order valence-corrected chi connectivity index (χ0v) is 14.1. The fraction of sp³-hybridized carbons (Fsp3) is 0.562. The summed E-state index contributed by atoms with van der Waals surface area (Å²) in [6.07, 6.45) is 1.67. The first-order valence-electron chi connectivity index (χ1n) is 7.44. The highest BCUT2D eigenvalue weighted by Crippen LogP contribution is 2.18. The molecule has 0 aliphatic rings. The highest BCUT2D eigenvalue weighted by Gasteiger charge is 2.12. The van der Waals surface area contributed by atoms with E-state index in [1.807, 2.05) is 19.1 Å². The third-order valence-corrected chi connectivity index (χ3v) is 3.46. The summed E-state index contributed by atoms with van der Waals surface area (Å²) in [5.41, 5.74) is 8.26. The van der Waals surface area contributed by atoms with Crippen molar-refractivity contribution in [3.05, 3.63) is 29.8 Å². The molecule has 4 nitrogen and oxygen atoms in total. The van der Waals surface area contributed by atoms with E-state index in [-0.39, 0.29) is 24.4 Å². The molecule has 0 saturated heterocycles. The molecule has 0 bridgehead atoms. The number of para-hydroxylation sites is 1. The summed E-state index contributed by atoms with van der Waals surface area (Å²) in [4.78, 5) is 14.0. The minimum Gasteiger partial charge on any atom is -0.370 e. The van der Waals surface area contributed by atoms with Crippen molar-refractivity contribution >= 4 is 24.0 Å². The lowest BCUT2D eigenvalue weighted by Gasteiger charge is -2.25. The summed E-state index contributed by atoms with van der Waals surface area (Å²) in [6.45, 7) is 8.60. The van der Waals surface area contributed by atoms with E-state index in [0.717, 1.165) is 25.9 Å². The Labute approximate surface area is 134 Å². The van der Waals surface area contributed by atoms with Gasteiger partial charge in [0.2, 0.25) is 5.91 Å². The molecule has 0 saturated carbocycles. The van der Waals surface area contributed by atoms with Gasteiger partial charge in [-0.25, -0.2) is 0 Å². The largest absolute Gasteiger partial charge is 0.370 e. The molecule has 120 valence electrons. The van der Waals surface area contributed by atoms with Gasteiger partial charge in [-0.1, -0.05) is 31.5 Å². The Hall–Kier alpha value is -1.26. The van der Waals surface area contributed by atoms with Crippen LogP contribution in [0.4, 0.5) is 5.69 Å². The van der Waals surface area contributed by atoms with Crippen LogP contribution in [0.1, 0.15) is 32.3 Å². The number of nitrogens with one attached hydrogen (secondary N) is 1. The van der Waals surface area contributed by atoms with E-state index < -0.39 is 0 Å². The second-order valence-electron chi connectivity index (χ2n) is 5.05. The van der Waals surface area contributed by atoms with E-state index in [4.69, 9.17) is 5.73 Å². The number of hydrogen-bond acceptors (Lipinski definition) is 3. The topological polar surface area (TPSA) is 58.4 Å². The van der Waals surface area contributed by atoms with Crippen molar-refractivity contribution in [2.24, 2.45) is 5.73 Å². The van der Waals surface area contributed by atoms with Crippen molar-refractivity contribution < 1.29 is 4.79 Å². The Morgan fingerprint density at radius 2 is 2.00 bits per heavy atom. The molecule has 1 unspecified atom stereocenters. The SMILES string of the molecule is CCCC(N)C(=O)NCCN(CC)c1ccccc1C.Cl. The molecule has 0 fully saturated rings. The Morgan fingerprint density at radius 1 is 1.33 bits per heavy atom. The van der Waals surface area contributed by atoms with Crippen LogP contribution in [-0.2, 0) is 4.79 Å². The maximum atomic E-state index is 11.8. The van der Waals surface area contributed by atoms with Crippen LogP contribution in [0.2, 0.25) is 0 Å². The summed E-state index contributed by atoms with van der Waals surface area (Å²) in [6, 6.07) is 7.92. The van der Waals surface area contributed by atoms with Crippen LogP contribution in [-0.4, -0.2) is 31.6 Å². The lowest BCUT2D eigenvalue weighted by Crippen LogP contribution is -2.43. The Bertz CT molecular complexity index is 426.